The molecule has 1 aromatic rings. The van der Waals surface area contributed by atoms with E-state index in [1.54, 1.807) is 7.05 Å². The Hall–Kier alpha value is -2.12. The number of carbonyl (C=O) groups is 3. The van der Waals surface area contributed by atoms with Crippen LogP contribution < -0.4 is 0 Å². The second-order valence-electron chi connectivity index (χ2n) is 12.3. The van der Waals surface area contributed by atoms with E-state index in [9.17, 15) is 14.4 Å². The van der Waals surface area contributed by atoms with Crippen molar-refractivity contribution in [3.8, 4) is 0 Å². The number of amides is 4. The van der Waals surface area contributed by atoms with E-state index in [1.807, 2.05) is 18.7 Å². The number of nitrogens with zero attached hydrogens (tertiary/aromatic N) is 4. The summed E-state index contributed by atoms with van der Waals surface area (Å²) in [7, 11) is 1.64. The van der Waals surface area contributed by atoms with Crippen LogP contribution in [-0.4, -0.2) is 87.8 Å². The van der Waals surface area contributed by atoms with Gasteiger partial charge in [-0.3, -0.25) is 19.4 Å². The summed E-state index contributed by atoms with van der Waals surface area (Å²) in [6, 6.07) is 11.2. The molecule has 1 saturated carbocycles. The van der Waals surface area contributed by atoms with Crippen molar-refractivity contribution in [3.05, 3.63) is 35.9 Å². The summed E-state index contributed by atoms with van der Waals surface area (Å²) in [5.41, 5.74) is 0.639. The Labute approximate surface area is 226 Å². The highest BCUT2D eigenvalue weighted by Crippen LogP contribution is 2.49. The van der Waals surface area contributed by atoms with Crippen molar-refractivity contribution in [2.45, 2.75) is 88.4 Å². The van der Waals surface area contributed by atoms with Gasteiger partial charge in [0.15, 0.2) is 0 Å². The van der Waals surface area contributed by atoms with Crippen molar-refractivity contribution < 1.29 is 14.4 Å². The average molecular weight is 529 g/mol. The molecule has 8 heteroatoms. The van der Waals surface area contributed by atoms with Gasteiger partial charge in [0.05, 0.1) is 0 Å². The molecule has 4 saturated heterocycles. The second kappa shape index (κ2) is 9.88. The van der Waals surface area contributed by atoms with Gasteiger partial charge in [0, 0.05) is 56.6 Å². The molecule has 5 aliphatic rings. The number of likely N-dealkylation sites (N-methyl/N-ethyl adjacent to an activating group) is 1. The fourth-order valence-electron chi connectivity index (χ4n) is 8.05. The topological polar surface area (TPSA) is 64.2 Å². The highest BCUT2D eigenvalue weighted by molar-refractivity contribution is 6.07. The molecule has 0 radical (unpaired) electrons. The maximum Gasteiger partial charge on any atom is 0.327 e. The number of piperidine rings is 1. The molecule has 0 N–H and O–H groups in total. The molecule has 6 rings (SSSR count). The Kier molecular flexibility index (Phi) is 7.07. The summed E-state index contributed by atoms with van der Waals surface area (Å²) >= 11 is 0. The first-order valence-corrected chi connectivity index (χ1v) is 14.0. The van der Waals surface area contributed by atoms with Crippen molar-refractivity contribution in [2.24, 2.45) is 11.8 Å². The van der Waals surface area contributed by atoms with E-state index in [4.69, 9.17) is 0 Å². The van der Waals surface area contributed by atoms with E-state index in [2.05, 4.69) is 40.1 Å². The summed E-state index contributed by atoms with van der Waals surface area (Å²) in [4.78, 5) is 47.6. The SMILES string of the molecule is CC(C)N1C(=O)N(C)C(=O)C12CC1CCC(C2)N1C[C@H]1CN(C(=O)C2CCC2)C[C@@H]1c1ccccc1.Cl. The van der Waals surface area contributed by atoms with Crippen LogP contribution >= 0.6 is 12.4 Å². The molecule has 1 spiro atoms. The Bertz CT molecular complexity index is 1030. The van der Waals surface area contributed by atoms with E-state index in [0.717, 1.165) is 58.2 Å². The molecule has 202 valence electrons. The first-order chi connectivity index (χ1) is 17.3. The molecule has 4 heterocycles. The van der Waals surface area contributed by atoms with E-state index in [1.165, 1.54) is 16.9 Å². The lowest BCUT2D eigenvalue weighted by Gasteiger charge is -2.48. The molecule has 7 nitrogen and oxygen atoms in total. The molecule has 5 fully saturated rings. The average Bonchev–Trinajstić information content (AvgIpc) is 3.40. The van der Waals surface area contributed by atoms with Crippen LogP contribution in [0.3, 0.4) is 0 Å². The first-order valence-electron chi connectivity index (χ1n) is 14.0. The molecule has 37 heavy (non-hydrogen) atoms. The Morgan fingerprint density at radius 2 is 1.65 bits per heavy atom. The van der Waals surface area contributed by atoms with Crippen LogP contribution in [0, 0.1) is 11.8 Å². The highest BCUT2D eigenvalue weighted by Gasteiger charge is 2.62. The zero-order chi connectivity index (χ0) is 25.2. The van der Waals surface area contributed by atoms with Crippen LogP contribution in [0.5, 0.6) is 0 Å². The maximum atomic E-state index is 13.4. The lowest BCUT2D eigenvalue weighted by Crippen LogP contribution is -2.62. The van der Waals surface area contributed by atoms with Gasteiger partial charge >= 0.3 is 6.03 Å². The largest absolute Gasteiger partial charge is 0.341 e. The minimum absolute atomic E-state index is 0. The summed E-state index contributed by atoms with van der Waals surface area (Å²) in [6.07, 6.45) is 6.88. The molecule has 4 atom stereocenters. The minimum Gasteiger partial charge on any atom is -0.341 e. The van der Waals surface area contributed by atoms with E-state index in [0.29, 0.717) is 29.8 Å². The second-order valence-corrected chi connectivity index (χ2v) is 12.3. The number of likely N-dealkylation sites (tertiary alicyclic amines) is 1. The van der Waals surface area contributed by atoms with Crippen LogP contribution in [-0.2, 0) is 9.59 Å². The lowest BCUT2D eigenvalue weighted by molar-refractivity contribution is -0.138. The zero-order valence-corrected chi connectivity index (χ0v) is 23.2. The van der Waals surface area contributed by atoms with Crippen molar-refractivity contribution in [2.75, 3.05) is 26.7 Å². The number of imide groups is 1. The number of halogens is 1. The number of carbonyl (C=O) groups excluding carboxylic acids is 3. The Morgan fingerprint density at radius 1 is 1.00 bits per heavy atom. The molecule has 1 aliphatic carbocycles. The molecule has 0 aromatic heterocycles. The molecular formula is C29H41ClN4O3. The minimum atomic E-state index is -0.691. The summed E-state index contributed by atoms with van der Waals surface area (Å²) in [6.45, 7) is 6.65. The number of rotatable bonds is 5. The zero-order valence-electron chi connectivity index (χ0n) is 22.3. The number of hydrogen-bond donors (Lipinski definition) is 0. The normalized spacial score (nSPS) is 34.0. The smallest absolute Gasteiger partial charge is 0.327 e. The van der Waals surface area contributed by atoms with Gasteiger partial charge in [0.2, 0.25) is 5.91 Å². The molecule has 2 unspecified atom stereocenters. The fourth-order valence-corrected chi connectivity index (χ4v) is 8.05. The molecule has 2 bridgehead atoms. The Morgan fingerprint density at radius 3 is 2.22 bits per heavy atom. The van der Waals surface area contributed by atoms with Crippen LogP contribution in [0.1, 0.15) is 70.3 Å². The third kappa shape index (κ3) is 4.17. The summed E-state index contributed by atoms with van der Waals surface area (Å²) in [5, 5.41) is 0. The van der Waals surface area contributed by atoms with Gasteiger partial charge in [0.1, 0.15) is 5.54 Å². The number of hydrogen-bond acceptors (Lipinski definition) is 4. The number of urea groups is 1. The highest BCUT2D eigenvalue weighted by atomic mass is 35.5. The van der Waals surface area contributed by atoms with E-state index < -0.39 is 5.54 Å². The summed E-state index contributed by atoms with van der Waals surface area (Å²) < 4.78 is 0. The molecular weight excluding hydrogens is 488 g/mol. The third-order valence-corrected chi connectivity index (χ3v) is 9.97. The van der Waals surface area contributed by atoms with Crippen LogP contribution in [0.2, 0.25) is 0 Å². The van der Waals surface area contributed by atoms with Gasteiger partial charge in [-0.1, -0.05) is 36.8 Å². The Balaban J connectivity index is 0.00000280. The third-order valence-electron chi connectivity index (χ3n) is 9.97. The monoisotopic (exact) mass is 528 g/mol. The molecule has 4 amide bonds. The quantitative estimate of drug-likeness (QED) is 0.539. The lowest BCUT2D eigenvalue weighted by atomic mass is 9.79. The number of fused-ring (bicyclic) bond motifs is 2. The van der Waals surface area contributed by atoms with Crippen LogP contribution in [0.25, 0.3) is 0 Å². The van der Waals surface area contributed by atoms with E-state index >= 15 is 0 Å². The standard InChI is InChI=1S/C29H40N4O3.ClH/c1-19(2)33-28(36)30(3)27(35)29(33)14-23-12-13-24(15-29)32(23)17-22-16-31(26(34)21-10-7-11-21)18-25(22)20-8-5-4-6-9-20;/h4-6,8-9,19,21-25H,7,10-18H2,1-3H3;1H/t22-,23?,24?,25-,29?;/m1./s1. The molecule has 1 aromatic carbocycles. The van der Waals surface area contributed by atoms with Crippen LogP contribution in [0.15, 0.2) is 30.3 Å². The maximum absolute atomic E-state index is 13.4. The van der Waals surface area contributed by atoms with Gasteiger partial charge < -0.3 is 9.80 Å². The van der Waals surface area contributed by atoms with Crippen molar-refractivity contribution in [1.82, 2.24) is 19.6 Å². The predicted octanol–water partition coefficient (Wildman–Crippen LogP) is 4.12. The molecule has 4 aliphatic heterocycles. The van der Waals surface area contributed by atoms with Crippen molar-refractivity contribution in [1.29, 1.82) is 0 Å². The van der Waals surface area contributed by atoms with Crippen LogP contribution in [0.4, 0.5) is 4.79 Å². The van der Waals surface area contributed by atoms with Gasteiger partial charge in [-0.2, -0.15) is 0 Å². The predicted molar refractivity (Wildman–Crippen MR) is 144 cm³/mol. The van der Waals surface area contributed by atoms with Crippen molar-refractivity contribution in [3.63, 3.8) is 0 Å². The fraction of sp³-hybridized carbons (Fsp3) is 0.690. The van der Waals surface area contributed by atoms with Crippen molar-refractivity contribution >= 4 is 30.3 Å². The van der Waals surface area contributed by atoms with Gasteiger partial charge in [0.25, 0.3) is 5.91 Å². The first kappa shape index (κ1) is 26.5. The summed E-state index contributed by atoms with van der Waals surface area (Å²) in [5.74, 6) is 1.31. The van der Waals surface area contributed by atoms with Gasteiger partial charge in [-0.05, 0) is 63.9 Å². The van der Waals surface area contributed by atoms with E-state index in [-0.39, 0.29) is 36.3 Å². The number of benzene rings is 1. The van der Waals surface area contributed by atoms with Gasteiger partial charge in [-0.25, -0.2) is 4.79 Å². The van der Waals surface area contributed by atoms with Gasteiger partial charge in [-0.15, -0.1) is 12.4 Å².